The third kappa shape index (κ3) is 2.14. The average molecular weight is 353 g/mol. The van der Waals surface area contributed by atoms with Crippen LogP contribution in [0.3, 0.4) is 0 Å². The summed E-state index contributed by atoms with van der Waals surface area (Å²) in [6, 6.07) is 8.47. The highest BCUT2D eigenvalue weighted by Gasteiger charge is 2.72. The second-order valence-electron chi connectivity index (χ2n) is 9.04. The molecule has 1 spiro atoms. The minimum absolute atomic E-state index is 0.0805. The van der Waals surface area contributed by atoms with Crippen LogP contribution in [0.4, 0.5) is 0 Å². The molecular weight excluding hydrogens is 326 g/mol. The van der Waals surface area contributed by atoms with E-state index in [1.807, 2.05) is 0 Å². The molecule has 1 amide bonds. The van der Waals surface area contributed by atoms with Crippen LogP contribution in [-0.2, 0) is 19.9 Å². The van der Waals surface area contributed by atoms with E-state index in [0.717, 1.165) is 25.7 Å². The molecule has 0 radical (unpaired) electrons. The Morgan fingerprint density at radius 1 is 1.00 bits per heavy atom. The summed E-state index contributed by atoms with van der Waals surface area (Å²) in [6.07, 6.45) is 6.50. The molecule has 4 aliphatic carbocycles. The molecule has 2 bridgehead atoms. The first-order valence-electron chi connectivity index (χ1n) is 9.98. The van der Waals surface area contributed by atoms with Crippen LogP contribution in [0.25, 0.3) is 0 Å². The van der Waals surface area contributed by atoms with Crippen molar-refractivity contribution in [3.05, 3.63) is 35.4 Å². The Morgan fingerprint density at radius 2 is 1.62 bits per heavy atom. The van der Waals surface area contributed by atoms with Crippen LogP contribution in [0, 0.1) is 36.0 Å². The number of benzene rings is 1. The lowest BCUT2D eigenvalue weighted by Gasteiger charge is -2.30. The zero-order valence-electron chi connectivity index (χ0n) is 15.6. The molecule has 1 aromatic carbocycles. The summed E-state index contributed by atoms with van der Waals surface area (Å²) >= 11 is 0. The van der Waals surface area contributed by atoms with Crippen LogP contribution in [0.1, 0.15) is 49.7 Å². The molecular formula is C22H27NO3. The number of nitrogens with one attached hydrogen (secondary N) is 1. The van der Waals surface area contributed by atoms with Crippen LogP contribution in [0.5, 0.6) is 0 Å². The fraction of sp³-hybridized carbons (Fsp3) is 0.636. The fourth-order valence-corrected chi connectivity index (χ4v) is 6.27. The van der Waals surface area contributed by atoms with Gasteiger partial charge in [-0.3, -0.25) is 9.59 Å². The summed E-state index contributed by atoms with van der Waals surface area (Å²) < 4.78 is 5.11. The zero-order valence-corrected chi connectivity index (χ0v) is 15.6. The van der Waals surface area contributed by atoms with Gasteiger partial charge in [-0.05, 0) is 68.3 Å². The van der Waals surface area contributed by atoms with Gasteiger partial charge in [0.05, 0.1) is 24.5 Å². The van der Waals surface area contributed by atoms with Crippen molar-refractivity contribution in [3.63, 3.8) is 0 Å². The maximum absolute atomic E-state index is 13.4. The van der Waals surface area contributed by atoms with Crippen LogP contribution in [0.15, 0.2) is 24.3 Å². The van der Waals surface area contributed by atoms with Gasteiger partial charge in [-0.2, -0.15) is 0 Å². The van der Waals surface area contributed by atoms with Crippen LogP contribution >= 0.6 is 0 Å². The summed E-state index contributed by atoms with van der Waals surface area (Å²) in [4.78, 5) is 25.9. The number of rotatable bonds is 4. The molecule has 1 aromatic rings. The molecule has 4 atom stereocenters. The van der Waals surface area contributed by atoms with E-state index in [1.54, 1.807) is 0 Å². The first-order valence-corrected chi connectivity index (χ1v) is 9.98. The van der Waals surface area contributed by atoms with Gasteiger partial charge in [-0.15, -0.1) is 0 Å². The second kappa shape index (κ2) is 5.34. The number of hydrogen-bond donors (Lipinski definition) is 1. The summed E-state index contributed by atoms with van der Waals surface area (Å²) in [7, 11) is 1.46. The number of carbonyl (C=O) groups is 2. The number of ether oxygens (including phenoxy) is 1. The summed E-state index contributed by atoms with van der Waals surface area (Å²) in [5.74, 6) is 0.179. The Kier molecular flexibility index (Phi) is 3.35. The lowest BCUT2D eigenvalue weighted by Crippen LogP contribution is -2.45. The van der Waals surface area contributed by atoms with Gasteiger partial charge in [0.15, 0.2) is 0 Å². The zero-order chi connectivity index (χ0) is 18.1. The summed E-state index contributed by atoms with van der Waals surface area (Å²) in [5.41, 5.74) is 2.46. The maximum Gasteiger partial charge on any atom is 0.309 e. The van der Waals surface area contributed by atoms with Gasteiger partial charge in [-0.25, -0.2) is 0 Å². The van der Waals surface area contributed by atoms with Gasteiger partial charge >= 0.3 is 5.97 Å². The Labute approximate surface area is 154 Å². The first kappa shape index (κ1) is 16.3. The second-order valence-corrected chi connectivity index (χ2v) is 9.04. The highest BCUT2D eigenvalue weighted by Crippen LogP contribution is 2.74. The average Bonchev–Trinajstić information content (AvgIpc) is 3.54. The van der Waals surface area contributed by atoms with Crippen molar-refractivity contribution in [2.75, 3.05) is 7.11 Å². The number of carbonyl (C=O) groups excluding carboxylic acids is 2. The molecule has 4 heteroatoms. The number of esters is 1. The van der Waals surface area contributed by atoms with Gasteiger partial charge in [0.25, 0.3) is 0 Å². The number of amides is 1. The van der Waals surface area contributed by atoms with Gasteiger partial charge in [0, 0.05) is 0 Å². The highest BCUT2D eigenvalue weighted by molar-refractivity contribution is 5.88. The summed E-state index contributed by atoms with van der Waals surface area (Å²) in [5, 5.41) is 3.36. The normalized spacial score (nSPS) is 34.5. The van der Waals surface area contributed by atoms with E-state index in [-0.39, 0.29) is 34.7 Å². The van der Waals surface area contributed by atoms with E-state index in [1.165, 1.54) is 31.1 Å². The molecule has 5 rings (SSSR count). The molecule has 4 saturated carbocycles. The largest absolute Gasteiger partial charge is 0.469 e. The predicted octanol–water partition coefficient (Wildman–Crippen LogP) is 3.33. The molecule has 4 aliphatic rings. The Morgan fingerprint density at radius 3 is 2.15 bits per heavy atom. The molecule has 0 aliphatic heterocycles. The predicted molar refractivity (Wildman–Crippen MR) is 97.1 cm³/mol. The van der Waals surface area contributed by atoms with Crippen LogP contribution in [0.2, 0.25) is 0 Å². The van der Waals surface area contributed by atoms with Crippen molar-refractivity contribution < 1.29 is 14.3 Å². The van der Waals surface area contributed by atoms with Crippen LogP contribution < -0.4 is 5.32 Å². The molecule has 26 heavy (non-hydrogen) atoms. The van der Waals surface area contributed by atoms with Crippen molar-refractivity contribution in [2.45, 2.75) is 51.0 Å². The smallest absolute Gasteiger partial charge is 0.309 e. The SMILES string of the molecule is COC(=O)C1C(C(=O)NC2(c3ccc(C)cc3)CC2)C2CCC1C21CC1. The van der Waals surface area contributed by atoms with Crippen molar-refractivity contribution in [3.8, 4) is 0 Å². The molecule has 138 valence electrons. The fourth-order valence-electron chi connectivity index (χ4n) is 6.27. The molecule has 1 N–H and O–H groups in total. The third-order valence-electron chi connectivity index (χ3n) is 7.84. The minimum atomic E-state index is -0.241. The van der Waals surface area contributed by atoms with Crippen LogP contribution in [-0.4, -0.2) is 19.0 Å². The van der Waals surface area contributed by atoms with Gasteiger partial charge in [-0.1, -0.05) is 29.8 Å². The van der Waals surface area contributed by atoms with Gasteiger partial charge in [0.1, 0.15) is 0 Å². The summed E-state index contributed by atoms with van der Waals surface area (Å²) in [6.45, 7) is 2.08. The lowest BCUT2D eigenvalue weighted by atomic mass is 9.78. The standard InChI is InChI=1S/C22H27NO3/c1-13-3-5-14(6-4-13)22(11-12-22)23-19(24)17-15-7-8-16(21(15)9-10-21)18(17)20(25)26-2/h3-6,15-18H,7-12H2,1-2H3,(H,23,24). The topological polar surface area (TPSA) is 55.4 Å². The Bertz CT molecular complexity index is 760. The minimum Gasteiger partial charge on any atom is -0.469 e. The number of hydrogen-bond acceptors (Lipinski definition) is 3. The number of methoxy groups -OCH3 is 1. The quantitative estimate of drug-likeness (QED) is 0.845. The van der Waals surface area contributed by atoms with Crippen molar-refractivity contribution in [1.82, 2.24) is 5.32 Å². The molecule has 4 fully saturated rings. The van der Waals surface area contributed by atoms with E-state index in [9.17, 15) is 9.59 Å². The highest BCUT2D eigenvalue weighted by atomic mass is 16.5. The first-order chi connectivity index (χ1) is 12.5. The molecule has 0 aromatic heterocycles. The molecule has 4 nitrogen and oxygen atoms in total. The maximum atomic E-state index is 13.4. The van der Waals surface area contributed by atoms with E-state index >= 15 is 0 Å². The number of aryl methyl sites for hydroxylation is 1. The Hall–Kier alpha value is -1.84. The van der Waals surface area contributed by atoms with E-state index < -0.39 is 0 Å². The molecule has 0 saturated heterocycles. The van der Waals surface area contributed by atoms with E-state index in [2.05, 4.69) is 36.5 Å². The van der Waals surface area contributed by atoms with Crippen molar-refractivity contribution >= 4 is 11.9 Å². The van der Waals surface area contributed by atoms with Gasteiger partial charge in [0.2, 0.25) is 5.91 Å². The molecule has 0 heterocycles. The van der Waals surface area contributed by atoms with Gasteiger partial charge < -0.3 is 10.1 Å². The van der Waals surface area contributed by atoms with Crippen molar-refractivity contribution in [1.29, 1.82) is 0 Å². The molecule has 4 unspecified atom stereocenters. The lowest BCUT2D eigenvalue weighted by molar-refractivity contribution is -0.153. The Balaban J connectivity index is 1.41. The van der Waals surface area contributed by atoms with Crippen molar-refractivity contribution in [2.24, 2.45) is 29.1 Å². The van der Waals surface area contributed by atoms with E-state index in [4.69, 9.17) is 4.74 Å². The third-order valence-corrected chi connectivity index (χ3v) is 7.84. The van der Waals surface area contributed by atoms with E-state index in [0.29, 0.717) is 11.8 Å². The monoisotopic (exact) mass is 353 g/mol.